The second-order valence-electron chi connectivity index (χ2n) is 5.89. The molecule has 0 saturated heterocycles. The van der Waals surface area contributed by atoms with Gasteiger partial charge in [0.2, 0.25) is 0 Å². The predicted molar refractivity (Wildman–Crippen MR) is 88.7 cm³/mol. The highest BCUT2D eigenvalue weighted by atomic mass is 15.3. The van der Waals surface area contributed by atoms with Crippen LogP contribution < -0.4 is 5.32 Å². The van der Waals surface area contributed by atoms with Crippen LogP contribution in [-0.4, -0.2) is 40.5 Å². The summed E-state index contributed by atoms with van der Waals surface area (Å²) in [7, 11) is 4.06. The first kappa shape index (κ1) is 14.6. The number of imidazole rings is 1. The first-order valence-corrected chi connectivity index (χ1v) is 7.74. The van der Waals surface area contributed by atoms with E-state index in [0.717, 1.165) is 31.2 Å². The fourth-order valence-electron chi connectivity index (χ4n) is 2.72. The van der Waals surface area contributed by atoms with Gasteiger partial charge in [0.05, 0.1) is 6.54 Å². The summed E-state index contributed by atoms with van der Waals surface area (Å²) in [5, 5.41) is 3.58. The van der Waals surface area contributed by atoms with Crippen molar-refractivity contribution < 1.29 is 0 Å². The zero-order valence-electron chi connectivity index (χ0n) is 13.2. The Hall–Kier alpha value is -2.30. The highest BCUT2D eigenvalue weighted by molar-refractivity contribution is 5.79. The molecule has 5 nitrogen and oxygen atoms in total. The van der Waals surface area contributed by atoms with E-state index in [4.69, 9.17) is 4.99 Å². The first-order chi connectivity index (χ1) is 10.7. The third-order valence-corrected chi connectivity index (χ3v) is 3.96. The van der Waals surface area contributed by atoms with Crippen molar-refractivity contribution in [2.45, 2.75) is 32.0 Å². The van der Waals surface area contributed by atoms with Gasteiger partial charge in [-0.1, -0.05) is 30.3 Å². The zero-order chi connectivity index (χ0) is 15.4. The molecular formula is C17H23N5. The van der Waals surface area contributed by atoms with E-state index in [2.05, 4.69) is 45.3 Å². The minimum atomic E-state index is 0.395. The van der Waals surface area contributed by atoms with Gasteiger partial charge >= 0.3 is 0 Å². The second-order valence-corrected chi connectivity index (χ2v) is 5.89. The monoisotopic (exact) mass is 297 g/mol. The summed E-state index contributed by atoms with van der Waals surface area (Å²) in [6.45, 7) is 1.72. The summed E-state index contributed by atoms with van der Waals surface area (Å²) < 4.78 is 2.23. The molecule has 0 aliphatic carbocycles. The summed E-state index contributed by atoms with van der Waals surface area (Å²) in [4.78, 5) is 11.2. The number of nitrogens with one attached hydrogen (secondary N) is 1. The minimum absolute atomic E-state index is 0.395. The van der Waals surface area contributed by atoms with E-state index in [1.165, 1.54) is 5.56 Å². The number of hydrogen-bond donors (Lipinski definition) is 1. The lowest BCUT2D eigenvalue weighted by Crippen LogP contribution is -2.46. The second kappa shape index (κ2) is 6.64. The molecule has 22 heavy (non-hydrogen) atoms. The third-order valence-electron chi connectivity index (χ3n) is 3.96. The molecule has 2 heterocycles. The molecule has 0 saturated carbocycles. The number of benzene rings is 1. The van der Waals surface area contributed by atoms with Gasteiger partial charge in [-0.2, -0.15) is 0 Å². The minimum Gasteiger partial charge on any atom is -0.353 e. The Morgan fingerprint density at radius 2 is 2.18 bits per heavy atom. The number of aromatic nitrogens is 2. The van der Waals surface area contributed by atoms with Crippen LogP contribution in [0, 0.1) is 0 Å². The van der Waals surface area contributed by atoms with Crippen LogP contribution in [0.15, 0.2) is 47.7 Å². The Kier molecular flexibility index (Phi) is 4.42. The average Bonchev–Trinajstić information content (AvgIpc) is 2.99. The molecule has 1 unspecified atom stereocenters. The van der Waals surface area contributed by atoms with E-state index >= 15 is 0 Å². The molecule has 5 heteroatoms. The normalized spacial score (nSPS) is 17.9. The van der Waals surface area contributed by atoms with Crippen molar-refractivity contribution in [2.24, 2.45) is 4.99 Å². The number of nitrogens with zero attached hydrogens (tertiary/aromatic N) is 4. The van der Waals surface area contributed by atoms with Crippen LogP contribution in [0.4, 0.5) is 0 Å². The van der Waals surface area contributed by atoms with Gasteiger partial charge in [0.15, 0.2) is 5.96 Å². The largest absolute Gasteiger partial charge is 0.353 e. The molecular weight excluding hydrogens is 274 g/mol. The number of aryl methyl sites for hydroxylation is 1. The van der Waals surface area contributed by atoms with Crippen molar-refractivity contribution in [3.63, 3.8) is 0 Å². The van der Waals surface area contributed by atoms with Crippen molar-refractivity contribution in [3.8, 4) is 0 Å². The fraction of sp³-hybridized carbons (Fsp3) is 0.412. The quantitative estimate of drug-likeness (QED) is 0.695. The molecule has 3 rings (SSSR count). The Morgan fingerprint density at radius 1 is 1.36 bits per heavy atom. The number of rotatable bonds is 3. The third kappa shape index (κ3) is 3.47. The molecule has 1 aliphatic rings. The average molecular weight is 297 g/mol. The van der Waals surface area contributed by atoms with Gasteiger partial charge in [0, 0.05) is 45.5 Å². The number of hydrogen-bond acceptors (Lipinski definition) is 2. The molecule has 116 valence electrons. The SMILES string of the molecule is CN(C)C(=NCc1ccccc1)NC1CCn2ccnc2C1. The van der Waals surface area contributed by atoms with Gasteiger partial charge in [-0.25, -0.2) is 9.98 Å². The van der Waals surface area contributed by atoms with Gasteiger partial charge in [-0.05, 0) is 12.0 Å². The van der Waals surface area contributed by atoms with Gasteiger partial charge in [0.25, 0.3) is 0 Å². The number of aliphatic imine (C=N–C) groups is 1. The highest BCUT2D eigenvalue weighted by Crippen LogP contribution is 2.13. The van der Waals surface area contributed by atoms with Crippen LogP contribution in [0.5, 0.6) is 0 Å². The summed E-state index contributed by atoms with van der Waals surface area (Å²) in [6.07, 6.45) is 5.99. The van der Waals surface area contributed by atoms with Crippen LogP contribution in [0.3, 0.4) is 0 Å². The molecule has 1 aromatic carbocycles. The zero-order valence-corrected chi connectivity index (χ0v) is 13.2. The lowest BCUT2D eigenvalue weighted by atomic mass is 10.1. The Labute approximate surface area is 131 Å². The van der Waals surface area contributed by atoms with Gasteiger partial charge in [-0.3, -0.25) is 0 Å². The summed E-state index contributed by atoms with van der Waals surface area (Å²) in [5.74, 6) is 2.10. The topological polar surface area (TPSA) is 45.5 Å². The molecule has 1 atom stereocenters. The number of guanidine groups is 1. The maximum Gasteiger partial charge on any atom is 0.193 e. The molecule has 1 aromatic heterocycles. The Balaban J connectivity index is 1.65. The van der Waals surface area contributed by atoms with Gasteiger partial charge in [-0.15, -0.1) is 0 Å². The van der Waals surface area contributed by atoms with Crippen LogP contribution in [-0.2, 0) is 19.5 Å². The van der Waals surface area contributed by atoms with Crippen molar-refractivity contribution >= 4 is 5.96 Å². The maximum atomic E-state index is 4.74. The van der Waals surface area contributed by atoms with Crippen molar-refractivity contribution in [3.05, 3.63) is 54.1 Å². The molecule has 0 radical (unpaired) electrons. The molecule has 2 aromatic rings. The van der Waals surface area contributed by atoms with E-state index < -0.39 is 0 Å². The molecule has 0 fully saturated rings. The molecule has 1 aliphatic heterocycles. The van der Waals surface area contributed by atoms with E-state index in [9.17, 15) is 0 Å². The van der Waals surface area contributed by atoms with Crippen LogP contribution >= 0.6 is 0 Å². The summed E-state index contributed by atoms with van der Waals surface area (Å²) in [6, 6.07) is 10.7. The van der Waals surface area contributed by atoms with Crippen molar-refractivity contribution in [1.29, 1.82) is 0 Å². The fourth-order valence-corrected chi connectivity index (χ4v) is 2.72. The van der Waals surface area contributed by atoms with E-state index in [-0.39, 0.29) is 0 Å². The van der Waals surface area contributed by atoms with Crippen LogP contribution in [0.1, 0.15) is 17.8 Å². The molecule has 0 spiro atoms. The van der Waals surface area contributed by atoms with Crippen molar-refractivity contribution in [1.82, 2.24) is 19.8 Å². The predicted octanol–water partition coefficient (Wildman–Crippen LogP) is 1.91. The standard InChI is InChI=1S/C17H23N5/c1-21(2)17(19-13-14-6-4-3-5-7-14)20-15-8-10-22-11-9-18-16(22)12-15/h3-7,9,11,15H,8,10,12-13H2,1-2H3,(H,19,20). The summed E-state index contributed by atoms with van der Waals surface area (Å²) in [5.41, 5.74) is 1.22. The van der Waals surface area contributed by atoms with Gasteiger partial charge in [0.1, 0.15) is 5.82 Å². The van der Waals surface area contributed by atoms with E-state index in [1.54, 1.807) is 0 Å². The highest BCUT2D eigenvalue weighted by Gasteiger charge is 2.20. The van der Waals surface area contributed by atoms with E-state index in [1.807, 2.05) is 31.3 Å². The first-order valence-electron chi connectivity index (χ1n) is 7.74. The summed E-state index contributed by atoms with van der Waals surface area (Å²) >= 11 is 0. The lowest BCUT2D eigenvalue weighted by Gasteiger charge is -2.28. The van der Waals surface area contributed by atoms with Crippen molar-refractivity contribution in [2.75, 3.05) is 14.1 Å². The number of fused-ring (bicyclic) bond motifs is 1. The smallest absolute Gasteiger partial charge is 0.193 e. The van der Waals surface area contributed by atoms with Crippen LogP contribution in [0.25, 0.3) is 0 Å². The molecule has 0 amide bonds. The van der Waals surface area contributed by atoms with Gasteiger partial charge < -0.3 is 14.8 Å². The van der Waals surface area contributed by atoms with Crippen LogP contribution in [0.2, 0.25) is 0 Å². The van der Waals surface area contributed by atoms with E-state index in [0.29, 0.717) is 12.6 Å². The lowest BCUT2D eigenvalue weighted by molar-refractivity contribution is 0.419. The molecule has 1 N–H and O–H groups in total. The molecule has 0 bridgehead atoms. The maximum absolute atomic E-state index is 4.74. The Bertz CT molecular complexity index is 630. The Morgan fingerprint density at radius 3 is 2.95 bits per heavy atom.